The van der Waals surface area contributed by atoms with E-state index >= 15 is 0 Å². The van der Waals surface area contributed by atoms with E-state index in [2.05, 4.69) is 5.32 Å². The van der Waals surface area contributed by atoms with Crippen LogP contribution in [0.5, 0.6) is 5.75 Å². The van der Waals surface area contributed by atoms with Gasteiger partial charge in [0.25, 0.3) is 11.8 Å². The minimum absolute atomic E-state index is 0.320. The zero-order valence-corrected chi connectivity index (χ0v) is 16.2. The van der Waals surface area contributed by atoms with E-state index in [1.165, 1.54) is 4.90 Å². The smallest absolute Gasteiger partial charge is 0.326 e. The number of benzene rings is 2. The van der Waals surface area contributed by atoms with E-state index in [0.717, 1.165) is 0 Å². The maximum atomic E-state index is 12.4. The number of hydrogen-bond acceptors (Lipinski definition) is 5. The molecular formula is C21H24N2O5. The maximum absolute atomic E-state index is 12.4. The summed E-state index contributed by atoms with van der Waals surface area (Å²) in [5.41, 5.74) is 0.878. The second-order valence-electron chi connectivity index (χ2n) is 6.13. The highest BCUT2D eigenvalue weighted by Gasteiger charge is 2.26. The number of esters is 1. The minimum atomic E-state index is -1.07. The number of likely N-dealkylation sites (N-methyl/N-ethyl adjacent to an activating group) is 1. The molecule has 0 fully saturated rings. The topological polar surface area (TPSA) is 84.9 Å². The highest BCUT2D eigenvalue weighted by Crippen LogP contribution is 2.20. The predicted molar refractivity (Wildman–Crippen MR) is 104 cm³/mol. The highest BCUT2D eigenvalue weighted by atomic mass is 16.5. The average Bonchev–Trinajstić information content (AvgIpc) is 2.71. The molecule has 0 spiro atoms. The van der Waals surface area contributed by atoms with E-state index in [-0.39, 0.29) is 12.5 Å². The van der Waals surface area contributed by atoms with E-state index in [4.69, 9.17) is 9.47 Å². The van der Waals surface area contributed by atoms with Crippen LogP contribution in [0.25, 0.3) is 0 Å². The molecular weight excluding hydrogens is 360 g/mol. The summed E-state index contributed by atoms with van der Waals surface area (Å²) in [5.74, 6) is -1.11. The lowest BCUT2D eigenvalue weighted by Crippen LogP contribution is -2.35. The van der Waals surface area contributed by atoms with Crippen LogP contribution in [0.2, 0.25) is 0 Å². The van der Waals surface area contributed by atoms with Gasteiger partial charge >= 0.3 is 5.97 Å². The summed E-state index contributed by atoms with van der Waals surface area (Å²) in [5, 5.41) is 2.50. The first kappa shape index (κ1) is 21.0. The maximum Gasteiger partial charge on any atom is 0.326 e. The Morgan fingerprint density at radius 2 is 1.64 bits per heavy atom. The third kappa shape index (κ3) is 5.57. The molecule has 0 bridgehead atoms. The minimum Gasteiger partial charge on any atom is -0.493 e. The van der Waals surface area contributed by atoms with E-state index < -0.39 is 18.0 Å². The van der Waals surface area contributed by atoms with Crippen LogP contribution in [0.4, 0.5) is 0 Å². The molecule has 0 aliphatic rings. The number of carbonyl (C=O) groups is 3. The highest BCUT2D eigenvalue weighted by molar-refractivity contribution is 5.98. The second-order valence-corrected chi connectivity index (χ2v) is 6.13. The number of para-hydroxylation sites is 1. The molecule has 28 heavy (non-hydrogen) atoms. The third-order valence-corrected chi connectivity index (χ3v) is 3.84. The molecule has 7 nitrogen and oxygen atoms in total. The first-order valence-corrected chi connectivity index (χ1v) is 8.89. The van der Waals surface area contributed by atoms with E-state index in [0.29, 0.717) is 23.5 Å². The lowest BCUT2D eigenvalue weighted by molar-refractivity contribution is -0.158. The Bertz CT molecular complexity index is 821. The molecule has 0 aliphatic carbocycles. The van der Waals surface area contributed by atoms with Gasteiger partial charge in [-0.25, -0.2) is 0 Å². The van der Waals surface area contributed by atoms with Crippen LogP contribution in [-0.4, -0.2) is 49.9 Å². The quantitative estimate of drug-likeness (QED) is 0.705. The monoisotopic (exact) mass is 384 g/mol. The standard InChI is InChI=1S/C21H24N2O5/c1-4-27-17-13-9-8-12-16(17)20(25)22-14-18(24)28-19(21(26)23(2)3)15-10-6-5-7-11-15/h5-13,19H,4,14H2,1-3H3,(H,22,25)/t19-/m0/s1. The molecule has 0 radical (unpaired) electrons. The summed E-state index contributed by atoms with van der Waals surface area (Å²) >= 11 is 0. The van der Waals surface area contributed by atoms with Crippen molar-refractivity contribution in [2.75, 3.05) is 27.2 Å². The van der Waals surface area contributed by atoms with Crippen molar-refractivity contribution in [1.82, 2.24) is 10.2 Å². The zero-order chi connectivity index (χ0) is 20.5. The van der Waals surface area contributed by atoms with Crippen LogP contribution in [0.15, 0.2) is 54.6 Å². The number of amides is 2. The molecule has 0 saturated carbocycles. The van der Waals surface area contributed by atoms with Crippen molar-refractivity contribution < 1.29 is 23.9 Å². The van der Waals surface area contributed by atoms with Crippen LogP contribution in [0, 0.1) is 0 Å². The molecule has 148 valence electrons. The van der Waals surface area contributed by atoms with Crippen molar-refractivity contribution >= 4 is 17.8 Å². The molecule has 0 unspecified atom stereocenters. The molecule has 0 aliphatic heterocycles. The Morgan fingerprint density at radius 3 is 2.29 bits per heavy atom. The fourth-order valence-electron chi connectivity index (χ4n) is 2.48. The fraction of sp³-hybridized carbons (Fsp3) is 0.286. The van der Waals surface area contributed by atoms with Gasteiger partial charge in [-0.15, -0.1) is 0 Å². The molecule has 2 rings (SSSR count). The van der Waals surface area contributed by atoms with Crippen molar-refractivity contribution in [3.05, 3.63) is 65.7 Å². The number of nitrogens with zero attached hydrogens (tertiary/aromatic N) is 1. The van der Waals surface area contributed by atoms with Gasteiger partial charge in [0.15, 0.2) is 0 Å². The summed E-state index contributed by atoms with van der Waals surface area (Å²) < 4.78 is 10.8. The van der Waals surface area contributed by atoms with Crippen molar-refractivity contribution in [3.63, 3.8) is 0 Å². The molecule has 0 aromatic heterocycles. The van der Waals surface area contributed by atoms with E-state index in [1.807, 2.05) is 6.92 Å². The Labute approximate surface area is 164 Å². The van der Waals surface area contributed by atoms with Crippen LogP contribution in [-0.2, 0) is 14.3 Å². The van der Waals surface area contributed by atoms with Gasteiger partial charge in [0.1, 0.15) is 12.3 Å². The summed E-state index contributed by atoms with van der Waals surface area (Å²) in [7, 11) is 3.16. The Balaban J connectivity index is 2.03. The zero-order valence-electron chi connectivity index (χ0n) is 16.2. The Kier molecular flexibility index (Phi) is 7.56. The van der Waals surface area contributed by atoms with Crippen LogP contribution in [0.1, 0.15) is 28.9 Å². The van der Waals surface area contributed by atoms with Crippen molar-refractivity contribution in [2.24, 2.45) is 0 Å². The van der Waals surface area contributed by atoms with Crippen molar-refractivity contribution in [3.8, 4) is 5.75 Å². The van der Waals surface area contributed by atoms with Gasteiger partial charge < -0.3 is 19.7 Å². The molecule has 1 N–H and O–H groups in total. The summed E-state index contributed by atoms with van der Waals surface area (Å²) in [6, 6.07) is 15.5. The molecule has 2 amide bonds. The molecule has 7 heteroatoms. The van der Waals surface area contributed by atoms with Crippen LogP contribution in [0.3, 0.4) is 0 Å². The van der Waals surface area contributed by atoms with Gasteiger partial charge in [0, 0.05) is 19.7 Å². The number of ether oxygens (including phenoxy) is 2. The number of rotatable bonds is 8. The average molecular weight is 384 g/mol. The second kappa shape index (κ2) is 10.1. The van der Waals surface area contributed by atoms with Crippen LogP contribution >= 0.6 is 0 Å². The van der Waals surface area contributed by atoms with Gasteiger partial charge in [-0.3, -0.25) is 14.4 Å². The van der Waals surface area contributed by atoms with Gasteiger partial charge in [0.05, 0.1) is 12.2 Å². The summed E-state index contributed by atoms with van der Waals surface area (Å²) in [6.45, 7) is 1.86. The van der Waals surface area contributed by atoms with Crippen molar-refractivity contribution in [2.45, 2.75) is 13.0 Å². The molecule has 2 aromatic rings. The number of nitrogens with one attached hydrogen (secondary N) is 1. The first-order chi connectivity index (χ1) is 13.4. The van der Waals surface area contributed by atoms with Gasteiger partial charge in [-0.05, 0) is 19.1 Å². The molecule has 1 atom stereocenters. The normalized spacial score (nSPS) is 11.2. The lowest BCUT2D eigenvalue weighted by atomic mass is 10.1. The molecule has 2 aromatic carbocycles. The summed E-state index contributed by atoms with van der Waals surface area (Å²) in [6.07, 6.45) is -1.07. The van der Waals surface area contributed by atoms with E-state index in [1.54, 1.807) is 68.7 Å². The fourth-order valence-corrected chi connectivity index (χ4v) is 2.48. The van der Waals surface area contributed by atoms with Crippen molar-refractivity contribution in [1.29, 1.82) is 0 Å². The van der Waals surface area contributed by atoms with Gasteiger partial charge in [0.2, 0.25) is 6.10 Å². The Morgan fingerprint density at radius 1 is 1.00 bits per heavy atom. The van der Waals surface area contributed by atoms with Gasteiger partial charge in [-0.2, -0.15) is 0 Å². The SMILES string of the molecule is CCOc1ccccc1C(=O)NCC(=O)O[C@H](C(=O)N(C)C)c1ccccc1. The lowest BCUT2D eigenvalue weighted by Gasteiger charge is -2.21. The number of carbonyl (C=O) groups excluding carboxylic acids is 3. The van der Waals surface area contributed by atoms with E-state index in [9.17, 15) is 14.4 Å². The molecule has 0 saturated heterocycles. The summed E-state index contributed by atoms with van der Waals surface area (Å²) in [4.78, 5) is 38.4. The van der Waals surface area contributed by atoms with Crippen LogP contribution < -0.4 is 10.1 Å². The first-order valence-electron chi connectivity index (χ1n) is 8.89. The van der Waals surface area contributed by atoms with Gasteiger partial charge in [-0.1, -0.05) is 42.5 Å². The number of hydrogen-bond donors (Lipinski definition) is 1. The Hall–Kier alpha value is -3.35. The third-order valence-electron chi connectivity index (χ3n) is 3.84. The largest absolute Gasteiger partial charge is 0.493 e. The predicted octanol–water partition coefficient (Wildman–Crippen LogP) is 2.19. The molecule has 0 heterocycles.